The van der Waals surface area contributed by atoms with Crippen LogP contribution in [-0.4, -0.2) is 47.7 Å². The Hall–Kier alpha value is 0.620. The monoisotopic (exact) mass is 308 g/mol. The summed E-state index contributed by atoms with van der Waals surface area (Å²) in [5.74, 6) is 2.13. The lowest BCUT2D eigenvalue weighted by Gasteiger charge is -2.32. The second kappa shape index (κ2) is 9.54. The number of hydrogen-bond donors (Lipinski definition) is 0. The lowest BCUT2D eigenvalue weighted by Crippen LogP contribution is -2.41. The van der Waals surface area contributed by atoms with Crippen LogP contribution in [0.2, 0.25) is 0 Å². The fourth-order valence-electron chi connectivity index (χ4n) is 2.02. The van der Waals surface area contributed by atoms with Crippen molar-refractivity contribution in [2.24, 2.45) is 5.92 Å². The van der Waals surface area contributed by atoms with Gasteiger partial charge >= 0.3 is 12.1 Å². The van der Waals surface area contributed by atoms with Crippen LogP contribution in [0, 0.1) is 5.92 Å². The van der Waals surface area contributed by atoms with Crippen LogP contribution in [0.5, 0.6) is 0 Å². The molecule has 2 nitrogen and oxygen atoms in total. The number of rotatable bonds is 11. The molecular formula is C15H36N2S2+2. The fraction of sp³-hybridized carbons (Fsp3) is 1.00. The topological polar surface area (TPSA) is 0 Å². The molecule has 0 amide bonds. The lowest BCUT2D eigenvalue weighted by molar-refractivity contribution is -0.792. The molecule has 0 fully saturated rings. The van der Waals surface area contributed by atoms with Gasteiger partial charge in [0.15, 0.2) is 0 Å². The van der Waals surface area contributed by atoms with E-state index < -0.39 is 0 Å². The third-order valence-corrected chi connectivity index (χ3v) is 6.00. The molecule has 0 radical (unpaired) electrons. The van der Waals surface area contributed by atoms with Gasteiger partial charge < -0.3 is 0 Å². The summed E-state index contributed by atoms with van der Waals surface area (Å²) in [5, 5.41) is 0. The SMILES string of the molecule is CCCCC[N+](C)(C)S[N+](C)(C)SCCC(C)CC. The molecule has 0 heterocycles. The van der Waals surface area contributed by atoms with Gasteiger partial charge in [-0.25, -0.2) is 3.89 Å². The molecule has 116 valence electrons. The summed E-state index contributed by atoms with van der Waals surface area (Å²) in [4.78, 5) is 0. The Morgan fingerprint density at radius 2 is 1.63 bits per heavy atom. The van der Waals surface area contributed by atoms with Gasteiger partial charge in [0.05, 0.1) is 46.7 Å². The minimum Gasteiger partial charge on any atom is -0.215 e. The molecule has 0 bridgehead atoms. The fourth-order valence-corrected chi connectivity index (χ4v) is 5.19. The summed E-state index contributed by atoms with van der Waals surface area (Å²) in [6.45, 7) is 8.19. The van der Waals surface area contributed by atoms with Crippen molar-refractivity contribution in [2.75, 3.05) is 40.5 Å². The Bertz CT molecular complexity index is 230. The zero-order chi connectivity index (χ0) is 14.9. The maximum atomic E-state index is 2.36. The minimum atomic E-state index is 0.865. The Morgan fingerprint density at radius 1 is 1.00 bits per heavy atom. The average Bonchev–Trinajstić information content (AvgIpc) is 2.27. The van der Waals surface area contributed by atoms with Gasteiger partial charge in [-0.1, -0.05) is 33.6 Å². The van der Waals surface area contributed by atoms with Crippen molar-refractivity contribution in [3.8, 4) is 0 Å². The molecule has 1 unspecified atom stereocenters. The Kier molecular flexibility index (Phi) is 9.85. The largest absolute Gasteiger partial charge is 0.335 e. The first-order chi connectivity index (χ1) is 8.72. The third-order valence-electron chi connectivity index (χ3n) is 3.43. The second-order valence-corrected chi connectivity index (χ2v) is 10.3. The molecule has 1 atom stereocenters. The molecule has 4 heteroatoms. The molecule has 0 rings (SSSR count). The maximum absolute atomic E-state index is 2.36. The molecule has 0 aromatic rings. The highest BCUT2D eigenvalue weighted by Gasteiger charge is 2.33. The van der Waals surface area contributed by atoms with Crippen LogP contribution in [0.25, 0.3) is 0 Å². The van der Waals surface area contributed by atoms with Gasteiger partial charge in [0.25, 0.3) is 0 Å². The summed E-state index contributed by atoms with van der Waals surface area (Å²) in [5.41, 5.74) is 0. The smallest absolute Gasteiger partial charge is 0.215 e. The van der Waals surface area contributed by atoms with Crippen molar-refractivity contribution >= 4 is 24.1 Å². The van der Waals surface area contributed by atoms with Gasteiger partial charge in [0, 0.05) is 5.75 Å². The standard InChI is InChI=1S/C15H36N2S2/c1-8-10-11-13-16(4,5)19-17(6,7)18-14-12-15(3)9-2/h15H,8-14H2,1-7H3/q+2. The molecule has 19 heavy (non-hydrogen) atoms. The summed E-state index contributed by atoms with van der Waals surface area (Å²) in [6, 6.07) is 0. The molecule has 0 spiro atoms. The average molecular weight is 309 g/mol. The lowest BCUT2D eigenvalue weighted by atomic mass is 10.1. The van der Waals surface area contributed by atoms with E-state index in [1.165, 1.54) is 44.4 Å². The van der Waals surface area contributed by atoms with E-state index in [4.69, 9.17) is 0 Å². The predicted octanol–water partition coefficient (Wildman–Crippen LogP) is 4.98. The van der Waals surface area contributed by atoms with Gasteiger partial charge in [-0.15, -0.1) is 0 Å². The van der Waals surface area contributed by atoms with Crippen LogP contribution < -0.4 is 0 Å². The molecule has 0 aromatic carbocycles. The number of quaternary nitrogens is 2. The van der Waals surface area contributed by atoms with E-state index >= 15 is 0 Å². The second-order valence-electron chi connectivity index (χ2n) is 6.47. The van der Waals surface area contributed by atoms with E-state index in [1.807, 2.05) is 0 Å². The van der Waals surface area contributed by atoms with Crippen LogP contribution in [-0.2, 0) is 0 Å². The van der Waals surface area contributed by atoms with Gasteiger partial charge in [-0.05, 0) is 25.2 Å². The van der Waals surface area contributed by atoms with Crippen LogP contribution in [0.3, 0.4) is 0 Å². The highest BCUT2D eigenvalue weighted by molar-refractivity contribution is 8.03. The van der Waals surface area contributed by atoms with E-state index in [9.17, 15) is 0 Å². The van der Waals surface area contributed by atoms with E-state index in [0.717, 1.165) is 13.1 Å². The quantitative estimate of drug-likeness (QED) is 0.300. The molecule has 0 saturated heterocycles. The first kappa shape index (κ1) is 19.6. The number of nitrogens with zero attached hydrogens (tertiary/aromatic N) is 2. The predicted molar refractivity (Wildman–Crippen MR) is 92.7 cm³/mol. The van der Waals surface area contributed by atoms with Crippen molar-refractivity contribution in [1.29, 1.82) is 0 Å². The van der Waals surface area contributed by atoms with Crippen LogP contribution >= 0.6 is 24.1 Å². The van der Waals surface area contributed by atoms with Crippen LogP contribution in [0.1, 0.15) is 52.9 Å². The first-order valence-electron chi connectivity index (χ1n) is 7.75. The van der Waals surface area contributed by atoms with Gasteiger partial charge in [-0.2, -0.15) is 3.29 Å². The molecule has 0 aromatic heterocycles. The van der Waals surface area contributed by atoms with Crippen molar-refractivity contribution < 1.29 is 7.18 Å². The first-order valence-corrected chi connectivity index (χ1v) is 9.42. The zero-order valence-corrected chi connectivity index (χ0v) is 15.9. The molecule has 0 saturated carbocycles. The molecule has 0 N–H and O–H groups in total. The third kappa shape index (κ3) is 11.0. The molecule has 0 aliphatic heterocycles. The van der Waals surface area contributed by atoms with Crippen molar-refractivity contribution in [3.63, 3.8) is 0 Å². The summed E-state index contributed by atoms with van der Waals surface area (Å²) < 4.78 is 2.05. The minimum absolute atomic E-state index is 0.865. The molecule has 0 aliphatic rings. The highest BCUT2D eigenvalue weighted by atomic mass is 32.2. The van der Waals surface area contributed by atoms with Crippen LogP contribution in [0.15, 0.2) is 0 Å². The normalized spacial score (nSPS) is 14.7. The summed E-state index contributed by atoms with van der Waals surface area (Å²) in [6.07, 6.45) is 6.66. The van der Waals surface area contributed by atoms with E-state index in [2.05, 4.69) is 73.0 Å². The van der Waals surface area contributed by atoms with Gasteiger partial charge in [-0.3, -0.25) is 0 Å². The number of hydrogen-bond acceptors (Lipinski definition) is 2. The Morgan fingerprint density at radius 3 is 2.16 bits per heavy atom. The van der Waals surface area contributed by atoms with E-state index in [1.54, 1.807) is 0 Å². The molecule has 0 aliphatic carbocycles. The van der Waals surface area contributed by atoms with E-state index in [-0.39, 0.29) is 0 Å². The van der Waals surface area contributed by atoms with E-state index in [0.29, 0.717) is 0 Å². The molecular weight excluding hydrogens is 272 g/mol. The highest BCUT2D eigenvalue weighted by Crippen LogP contribution is 2.35. The van der Waals surface area contributed by atoms with Gasteiger partial charge in [0.1, 0.15) is 0 Å². The van der Waals surface area contributed by atoms with Gasteiger partial charge in [0.2, 0.25) is 0 Å². The Balaban J connectivity index is 4.04. The zero-order valence-electron chi connectivity index (χ0n) is 14.2. The number of unbranched alkanes of at least 4 members (excludes halogenated alkanes) is 2. The maximum Gasteiger partial charge on any atom is 0.335 e. The van der Waals surface area contributed by atoms with Crippen molar-refractivity contribution in [3.05, 3.63) is 0 Å². The van der Waals surface area contributed by atoms with Crippen molar-refractivity contribution in [1.82, 2.24) is 0 Å². The summed E-state index contributed by atoms with van der Waals surface area (Å²) >= 11 is 4.13. The van der Waals surface area contributed by atoms with Crippen molar-refractivity contribution in [2.45, 2.75) is 52.9 Å². The summed E-state index contributed by atoms with van der Waals surface area (Å²) in [7, 11) is 9.34. The Labute approximate surface area is 130 Å². The van der Waals surface area contributed by atoms with Crippen LogP contribution in [0.4, 0.5) is 0 Å².